The van der Waals surface area contributed by atoms with Crippen LogP contribution in [0.15, 0.2) is 0 Å². The molecule has 2 saturated heterocycles. The molecule has 0 aromatic heterocycles. The Morgan fingerprint density at radius 3 is 2.31 bits per heavy atom. The average molecular weight is 449 g/mol. The molecule has 2 aliphatic heterocycles. The Morgan fingerprint density at radius 2 is 1.66 bits per heavy atom. The Labute approximate surface area is 189 Å². The fourth-order valence-electron chi connectivity index (χ4n) is 8.08. The topological polar surface area (TPSA) is 97.3 Å². The zero-order chi connectivity index (χ0) is 21.9. The van der Waals surface area contributed by atoms with Crippen LogP contribution in [0.25, 0.3) is 0 Å². The van der Waals surface area contributed by atoms with Gasteiger partial charge < -0.3 is 20.1 Å². The van der Waals surface area contributed by atoms with E-state index in [4.69, 9.17) is 19.6 Å². The number of nitrogens with zero attached hydrogens (tertiary/aromatic N) is 1. The van der Waals surface area contributed by atoms with Gasteiger partial charge in [-0.05, 0) is 75.5 Å². The van der Waals surface area contributed by atoms with Gasteiger partial charge in [-0.25, -0.2) is 4.79 Å². The number of amides is 2. The highest BCUT2D eigenvalue weighted by molar-refractivity contribution is 5.76. The van der Waals surface area contributed by atoms with Gasteiger partial charge in [0.1, 0.15) is 0 Å². The lowest BCUT2D eigenvalue weighted by atomic mass is 9.53. The summed E-state index contributed by atoms with van der Waals surface area (Å²) in [5.41, 5.74) is 0. The van der Waals surface area contributed by atoms with Crippen LogP contribution in [0.5, 0.6) is 0 Å². The number of rotatable bonds is 3. The van der Waals surface area contributed by atoms with Crippen molar-refractivity contribution in [1.29, 1.82) is 0 Å². The van der Waals surface area contributed by atoms with Crippen LogP contribution in [0.4, 0.5) is 4.79 Å². The minimum atomic E-state index is -0.988. The van der Waals surface area contributed by atoms with Crippen LogP contribution in [0.1, 0.15) is 77.0 Å². The second-order valence-corrected chi connectivity index (χ2v) is 11.5. The van der Waals surface area contributed by atoms with Crippen molar-refractivity contribution in [2.24, 2.45) is 29.6 Å². The Balaban J connectivity index is 1.06. The number of piperidine rings is 1. The lowest BCUT2D eigenvalue weighted by Gasteiger charge is -2.57. The van der Waals surface area contributed by atoms with E-state index in [1.165, 1.54) is 32.1 Å². The summed E-state index contributed by atoms with van der Waals surface area (Å²) < 4.78 is 6.83. The number of hydrogen-bond donors (Lipinski definition) is 2. The van der Waals surface area contributed by atoms with Gasteiger partial charge in [0.25, 0.3) is 0 Å². The van der Waals surface area contributed by atoms with Crippen LogP contribution < -0.4 is 5.32 Å². The zero-order valence-corrected chi connectivity index (χ0v) is 18.8. The van der Waals surface area contributed by atoms with Crippen LogP contribution in [0, 0.1) is 29.6 Å². The first kappa shape index (κ1) is 21.2. The van der Waals surface area contributed by atoms with Crippen molar-refractivity contribution in [3.05, 3.63) is 0 Å². The Kier molecular flexibility index (Phi) is 5.19. The van der Waals surface area contributed by atoms with Gasteiger partial charge in [0.2, 0.25) is 17.5 Å². The van der Waals surface area contributed by atoms with Gasteiger partial charge in [0.05, 0.1) is 0 Å². The lowest BCUT2D eigenvalue weighted by molar-refractivity contribution is -0.390. The predicted octanol–water partition coefficient (Wildman–Crippen LogP) is 3.65. The van der Waals surface area contributed by atoms with Gasteiger partial charge in [0.15, 0.2) is 0 Å². The first-order chi connectivity index (χ1) is 15.4. The van der Waals surface area contributed by atoms with E-state index < -0.39 is 17.7 Å². The molecule has 2 N–H and O–H groups in total. The van der Waals surface area contributed by atoms with Gasteiger partial charge in [0, 0.05) is 50.2 Å². The molecule has 2 amide bonds. The third-order valence-electron chi connectivity index (χ3n) is 9.35. The molecule has 0 aromatic rings. The number of carbonyl (C=O) groups excluding carboxylic acids is 1. The highest BCUT2D eigenvalue weighted by atomic mass is 17.3. The summed E-state index contributed by atoms with van der Waals surface area (Å²) in [5, 5.41) is 11.4. The van der Waals surface area contributed by atoms with Crippen LogP contribution in [-0.2, 0) is 19.3 Å². The molecular weight excluding hydrogens is 412 g/mol. The normalized spacial score (nSPS) is 45.6. The van der Waals surface area contributed by atoms with Gasteiger partial charge in [-0.2, -0.15) is 9.78 Å². The molecule has 8 heteroatoms. The first-order valence-corrected chi connectivity index (χ1v) is 12.8. The van der Waals surface area contributed by atoms with E-state index in [9.17, 15) is 9.59 Å². The fraction of sp³-hybridized carbons (Fsp3) is 0.917. The van der Waals surface area contributed by atoms with E-state index in [2.05, 4.69) is 5.32 Å². The number of likely N-dealkylation sites (tertiary alicyclic amines) is 1. The van der Waals surface area contributed by atoms with Gasteiger partial charge in [-0.15, -0.1) is 0 Å². The molecule has 8 nitrogen and oxygen atoms in total. The Bertz CT molecular complexity index is 738. The van der Waals surface area contributed by atoms with Crippen molar-refractivity contribution in [3.8, 4) is 0 Å². The van der Waals surface area contributed by atoms with E-state index in [1.807, 2.05) is 4.90 Å². The summed E-state index contributed by atoms with van der Waals surface area (Å²) in [5.74, 6) is 1.79. The predicted molar refractivity (Wildman–Crippen MR) is 113 cm³/mol. The SMILES string of the molecule is O=C(O)NC1CCN(C(=O)CC2CCCC3(C2)OOC2(O3)C3CC4CC(C3)CC2C4)CC1. The van der Waals surface area contributed by atoms with Crippen molar-refractivity contribution >= 4 is 12.0 Å². The van der Waals surface area contributed by atoms with E-state index in [-0.39, 0.29) is 17.9 Å². The van der Waals surface area contributed by atoms with E-state index in [0.717, 1.165) is 37.5 Å². The largest absolute Gasteiger partial charge is 0.465 e. The molecule has 0 aromatic carbocycles. The number of hydrogen-bond acceptors (Lipinski definition) is 5. The summed E-state index contributed by atoms with van der Waals surface area (Å²) in [6.07, 6.45) is 10.7. The minimum absolute atomic E-state index is 0.0518. The van der Waals surface area contributed by atoms with Gasteiger partial charge in [-0.1, -0.05) is 0 Å². The fourth-order valence-corrected chi connectivity index (χ4v) is 8.08. The van der Waals surface area contributed by atoms with E-state index in [1.54, 1.807) is 0 Å². The molecule has 5 aliphatic carbocycles. The monoisotopic (exact) mass is 448 g/mol. The molecule has 178 valence electrons. The molecule has 32 heavy (non-hydrogen) atoms. The smallest absolute Gasteiger partial charge is 0.404 e. The number of ether oxygens (including phenoxy) is 1. The molecule has 2 unspecified atom stereocenters. The number of carbonyl (C=O) groups is 2. The first-order valence-electron chi connectivity index (χ1n) is 12.8. The lowest BCUT2D eigenvalue weighted by Crippen LogP contribution is -2.59. The van der Waals surface area contributed by atoms with Crippen LogP contribution in [-0.4, -0.2) is 52.7 Å². The standard InChI is InChI=1S/C24H36N2O6/c27-21(26-6-3-20(4-7-26)25-22(28)29)13-15-2-1-5-23(14-15)30-24(32-31-23)18-9-16-8-17(11-18)12-19(24)10-16/h15-20,25H,1-14H2,(H,28,29). The zero-order valence-electron chi connectivity index (χ0n) is 18.8. The van der Waals surface area contributed by atoms with Crippen molar-refractivity contribution in [2.75, 3.05) is 13.1 Å². The summed E-state index contributed by atoms with van der Waals surface area (Å²) in [6.45, 7) is 1.24. The molecule has 7 fully saturated rings. The van der Waals surface area contributed by atoms with E-state index >= 15 is 0 Å². The molecule has 5 saturated carbocycles. The molecule has 2 atom stereocenters. The molecular formula is C24H36N2O6. The maximum atomic E-state index is 13.0. The van der Waals surface area contributed by atoms with Crippen LogP contribution >= 0.6 is 0 Å². The van der Waals surface area contributed by atoms with Crippen LogP contribution in [0.2, 0.25) is 0 Å². The van der Waals surface area contributed by atoms with Gasteiger partial charge >= 0.3 is 6.09 Å². The Hall–Kier alpha value is -1.38. The maximum absolute atomic E-state index is 13.0. The number of carboxylic acid groups (broad SMARTS) is 1. The molecule has 2 spiro atoms. The molecule has 4 bridgehead atoms. The van der Waals surface area contributed by atoms with Crippen molar-refractivity contribution in [1.82, 2.24) is 10.2 Å². The quantitative estimate of drug-likeness (QED) is 0.640. The summed E-state index contributed by atoms with van der Waals surface area (Å²) in [7, 11) is 0. The highest BCUT2D eigenvalue weighted by Crippen LogP contribution is 2.64. The maximum Gasteiger partial charge on any atom is 0.404 e. The van der Waals surface area contributed by atoms with Gasteiger partial charge in [-0.3, -0.25) is 4.79 Å². The molecule has 0 radical (unpaired) electrons. The highest BCUT2D eigenvalue weighted by Gasteiger charge is 2.67. The average Bonchev–Trinajstić information content (AvgIpc) is 3.11. The second kappa shape index (κ2) is 7.84. The summed E-state index contributed by atoms with van der Waals surface area (Å²) in [6, 6.07) is -0.0518. The molecule has 7 aliphatic rings. The van der Waals surface area contributed by atoms with E-state index in [0.29, 0.717) is 44.2 Å². The Morgan fingerprint density at radius 1 is 0.969 bits per heavy atom. The molecule has 7 rings (SSSR count). The van der Waals surface area contributed by atoms with Crippen molar-refractivity contribution < 1.29 is 29.2 Å². The van der Waals surface area contributed by atoms with Crippen molar-refractivity contribution in [2.45, 2.75) is 94.7 Å². The van der Waals surface area contributed by atoms with Crippen LogP contribution in [0.3, 0.4) is 0 Å². The number of nitrogens with one attached hydrogen (secondary N) is 1. The minimum Gasteiger partial charge on any atom is -0.465 e. The summed E-state index contributed by atoms with van der Waals surface area (Å²) >= 11 is 0. The second-order valence-electron chi connectivity index (χ2n) is 11.5. The van der Waals surface area contributed by atoms with Crippen molar-refractivity contribution in [3.63, 3.8) is 0 Å². The third kappa shape index (κ3) is 3.62. The summed E-state index contributed by atoms with van der Waals surface area (Å²) in [4.78, 5) is 37.9. The molecule has 2 heterocycles. The third-order valence-corrected chi connectivity index (χ3v) is 9.35.